The number of benzene rings is 3. The topological polar surface area (TPSA) is 68.5 Å². The van der Waals surface area contributed by atoms with Crippen molar-refractivity contribution in [1.82, 2.24) is 4.57 Å². The summed E-state index contributed by atoms with van der Waals surface area (Å²) in [6, 6.07) is 16.7. The van der Waals surface area contributed by atoms with E-state index in [2.05, 4.69) is 0 Å². The van der Waals surface area contributed by atoms with Crippen LogP contribution in [0.15, 0.2) is 71.8 Å². The van der Waals surface area contributed by atoms with E-state index in [0.29, 0.717) is 17.9 Å². The van der Waals surface area contributed by atoms with Crippen LogP contribution in [-0.4, -0.2) is 17.5 Å². The Hall–Kier alpha value is -3.16. The highest BCUT2D eigenvalue weighted by Crippen LogP contribution is 2.33. The van der Waals surface area contributed by atoms with Gasteiger partial charge in [-0.2, -0.15) is 8.42 Å². The van der Waals surface area contributed by atoms with E-state index in [9.17, 15) is 17.4 Å². The van der Waals surface area contributed by atoms with Crippen molar-refractivity contribution in [1.29, 1.82) is 0 Å². The van der Waals surface area contributed by atoms with E-state index in [-0.39, 0.29) is 16.8 Å². The first-order chi connectivity index (χ1) is 15.2. The van der Waals surface area contributed by atoms with Crippen molar-refractivity contribution in [3.8, 4) is 11.4 Å². The van der Waals surface area contributed by atoms with Crippen LogP contribution in [0.5, 0.6) is 5.75 Å². The van der Waals surface area contributed by atoms with Crippen molar-refractivity contribution in [2.75, 3.05) is 0 Å². The highest BCUT2D eigenvalue weighted by molar-refractivity contribution is 7.86. The molecule has 1 N–H and O–H groups in total. The fraction of sp³-hybridized carbons (Fsp3) is 0.200. The smallest absolute Gasteiger partial charge is 0.296 e. The van der Waals surface area contributed by atoms with Crippen LogP contribution >= 0.6 is 0 Å². The summed E-state index contributed by atoms with van der Waals surface area (Å²) in [5, 5.41) is 0.900. The third-order valence-corrected chi connectivity index (χ3v) is 6.55. The van der Waals surface area contributed by atoms with E-state index in [1.54, 1.807) is 29.0 Å². The molecule has 32 heavy (non-hydrogen) atoms. The molecule has 3 aromatic carbocycles. The first-order valence-corrected chi connectivity index (χ1v) is 11.8. The SMILES string of the molecule is CCc1c(C)ccc(S(=O)(=O)O)c1-n1ccc2ccc(OC(C)c3ccc(F)cc3)cc21. The van der Waals surface area contributed by atoms with Crippen molar-refractivity contribution in [2.24, 2.45) is 0 Å². The average molecular weight is 454 g/mol. The van der Waals surface area contributed by atoms with Gasteiger partial charge in [0.1, 0.15) is 22.6 Å². The van der Waals surface area contributed by atoms with Crippen molar-refractivity contribution < 1.29 is 22.1 Å². The first kappa shape index (κ1) is 22.0. The Morgan fingerprint density at radius 2 is 1.78 bits per heavy atom. The molecular formula is C25H24FNO4S. The van der Waals surface area contributed by atoms with E-state index in [1.807, 2.05) is 45.0 Å². The summed E-state index contributed by atoms with van der Waals surface area (Å²) < 4.78 is 55.3. The van der Waals surface area contributed by atoms with Crippen LogP contribution in [0, 0.1) is 12.7 Å². The van der Waals surface area contributed by atoms with Crippen molar-refractivity contribution >= 4 is 21.0 Å². The molecule has 0 fully saturated rings. The number of aryl methyl sites for hydroxylation is 1. The number of halogens is 1. The standard InChI is InChI=1S/C25H24FNO4S/c1-4-22-16(2)5-12-24(32(28,29)30)25(22)27-14-13-19-8-11-21(15-23(19)27)31-17(3)18-6-9-20(26)10-7-18/h5-15,17H,4H2,1-3H3,(H,28,29,30). The second kappa shape index (κ2) is 8.41. The lowest BCUT2D eigenvalue weighted by Crippen LogP contribution is -2.09. The zero-order valence-corrected chi connectivity index (χ0v) is 18.9. The number of hydrogen-bond acceptors (Lipinski definition) is 3. The lowest BCUT2D eigenvalue weighted by molar-refractivity contribution is 0.227. The Kier molecular flexibility index (Phi) is 5.79. The van der Waals surface area contributed by atoms with Gasteiger partial charge in [0.15, 0.2) is 0 Å². The molecule has 4 rings (SSSR count). The molecule has 0 bridgehead atoms. The van der Waals surface area contributed by atoms with Crippen LogP contribution in [0.1, 0.15) is 36.6 Å². The Morgan fingerprint density at radius 3 is 2.44 bits per heavy atom. The lowest BCUT2D eigenvalue weighted by Gasteiger charge is -2.18. The molecule has 0 amide bonds. The molecule has 1 atom stereocenters. The summed E-state index contributed by atoms with van der Waals surface area (Å²) in [5.74, 6) is 0.285. The van der Waals surface area contributed by atoms with Crippen molar-refractivity contribution in [3.63, 3.8) is 0 Å². The minimum Gasteiger partial charge on any atom is -0.486 e. The maximum Gasteiger partial charge on any atom is 0.296 e. The predicted molar refractivity (Wildman–Crippen MR) is 123 cm³/mol. The Bertz CT molecular complexity index is 1390. The molecule has 0 aliphatic carbocycles. The highest BCUT2D eigenvalue weighted by atomic mass is 32.2. The Balaban J connectivity index is 1.83. The van der Waals surface area contributed by atoms with Gasteiger partial charge >= 0.3 is 0 Å². The molecule has 1 heterocycles. The van der Waals surface area contributed by atoms with Crippen LogP contribution in [0.25, 0.3) is 16.6 Å². The number of rotatable bonds is 6. The fourth-order valence-corrected chi connectivity index (χ4v) is 4.72. The van der Waals surface area contributed by atoms with Gasteiger partial charge in [0, 0.05) is 17.6 Å². The molecule has 0 saturated heterocycles. The predicted octanol–water partition coefficient (Wildman–Crippen LogP) is 6.03. The van der Waals surface area contributed by atoms with Gasteiger partial charge in [-0.05, 0) is 73.4 Å². The summed E-state index contributed by atoms with van der Waals surface area (Å²) in [7, 11) is -4.43. The van der Waals surface area contributed by atoms with Gasteiger partial charge in [-0.25, -0.2) is 4.39 Å². The highest BCUT2D eigenvalue weighted by Gasteiger charge is 2.22. The van der Waals surface area contributed by atoms with Crippen LogP contribution < -0.4 is 4.74 Å². The van der Waals surface area contributed by atoms with Gasteiger partial charge in [-0.3, -0.25) is 4.55 Å². The molecule has 1 unspecified atom stereocenters. The number of aromatic nitrogens is 1. The summed E-state index contributed by atoms with van der Waals surface area (Å²) in [6.07, 6.45) is 2.08. The summed E-state index contributed by atoms with van der Waals surface area (Å²) >= 11 is 0. The first-order valence-electron chi connectivity index (χ1n) is 10.3. The second-order valence-corrected chi connectivity index (χ2v) is 9.14. The summed E-state index contributed by atoms with van der Waals surface area (Å²) in [5.41, 5.74) is 3.80. The minimum atomic E-state index is -4.43. The minimum absolute atomic E-state index is 0.136. The summed E-state index contributed by atoms with van der Waals surface area (Å²) in [4.78, 5) is -0.136. The third kappa shape index (κ3) is 4.13. The largest absolute Gasteiger partial charge is 0.486 e. The van der Waals surface area contributed by atoms with E-state index >= 15 is 0 Å². The molecular weight excluding hydrogens is 429 g/mol. The van der Waals surface area contributed by atoms with Crippen molar-refractivity contribution in [3.05, 3.63) is 89.4 Å². The number of nitrogens with zero attached hydrogens (tertiary/aromatic N) is 1. The fourth-order valence-electron chi connectivity index (χ4n) is 4.02. The summed E-state index contributed by atoms with van der Waals surface area (Å²) in [6.45, 7) is 5.74. The zero-order chi connectivity index (χ0) is 23.0. The van der Waals surface area contributed by atoms with E-state index in [1.165, 1.54) is 18.2 Å². The Labute approximate surface area is 186 Å². The van der Waals surface area contributed by atoms with E-state index < -0.39 is 10.1 Å². The Morgan fingerprint density at radius 1 is 1.06 bits per heavy atom. The molecule has 1 aromatic heterocycles. The molecule has 0 aliphatic rings. The molecule has 166 valence electrons. The van der Waals surface area contributed by atoms with Gasteiger partial charge in [-0.15, -0.1) is 0 Å². The molecule has 7 heteroatoms. The number of ether oxygens (including phenoxy) is 1. The van der Waals surface area contributed by atoms with E-state index in [0.717, 1.165) is 27.6 Å². The van der Waals surface area contributed by atoms with Crippen LogP contribution in [-0.2, 0) is 16.5 Å². The maximum atomic E-state index is 13.2. The lowest BCUT2D eigenvalue weighted by atomic mass is 10.0. The monoisotopic (exact) mass is 453 g/mol. The average Bonchev–Trinajstić information content (AvgIpc) is 3.16. The molecule has 0 aliphatic heterocycles. The van der Waals surface area contributed by atoms with Crippen LogP contribution in [0.3, 0.4) is 0 Å². The van der Waals surface area contributed by atoms with Gasteiger partial charge in [0.05, 0.1) is 11.2 Å². The van der Waals surface area contributed by atoms with Gasteiger partial charge in [-0.1, -0.05) is 25.1 Å². The van der Waals surface area contributed by atoms with E-state index in [4.69, 9.17) is 4.74 Å². The van der Waals surface area contributed by atoms with Crippen LogP contribution in [0.4, 0.5) is 4.39 Å². The zero-order valence-electron chi connectivity index (χ0n) is 18.0. The molecule has 0 radical (unpaired) electrons. The normalized spacial score (nSPS) is 12.8. The second-order valence-electron chi connectivity index (χ2n) is 7.75. The molecule has 0 spiro atoms. The number of fused-ring (bicyclic) bond motifs is 1. The maximum absolute atomic E-state index is 13.2. The quantitative estimate of drug-likeness (QED) is 0.362. The molecule has 4 aromatic rings. The van der Waals surface area contributed by atoms with Gasteiger partial charge in [0.25, 0.3) is 10.1 Å². The molecule has 5 nitrogen and oxygen atoms in total. The molecule has 0 saturated carbocycles. The van der Waals surface area contributed by atoms with Crippen molar-refractivity contribution in [2.45, 2.75) is 38.2 Å². The number of hydrogen-bond donors (Lipinski definition) is 1. The third-order valence-electron chi connectivity index (χ3n) is 5.67. The van der Waals surface area contributed by atoms with Gasteiger partial charge in [0.2, 0.25) is 0 Å². The van der Waals surface area contributed by atoms with Gasteiger partial charge < -0.3 is 9.30 Å². The van der Waals surface area contributed by atoms with Crippen LogP contribution in [0.2, 0.25) is 0 Å².